The number of benzene rings is 1. The molecule has 0 aromatic heterocycles. The van der Waals surface area contributed by atoms with Crippen molar-refractivity contribution >= 4 is 5.97 Å². The van der Waals surface area contributed by atoms with Gasteiger partial charge in [0.25, 0.3) is 0 Å². The van der Waals surface area contributed by atoms with Crippen molar-refractivity contribution in [2.75, 3.05) is 7.11 Å². The lowest BCUT2D eigenvalue weighted by molar-refractivity contribution is -0.137. The van der Waals surface area contributed by atoms with Gasteiger partial charge in [-0.1, -0.05) is 6.07 Å². The summed E-state index contributed by atoms with van der Waals surface area (Å²) in [6, 6.07) is 4.05. The molecule has 1 atom stereocenters. The van der Waals surface area contributed by atoms with Crippen LogP contribution in [0.15, 0.2) is 18.2 Å². The third-order valence-corrected chi connectivity index (χ3v) is 2.19. The Morgan fingerprint density at radius 1 is 1.56 bits per heavy atom. The highest BCUT2D eigenvalue weighted by Gasteiger charge is 2.12. The first-order valence-electron chi connectivity index (χ1n) is 4.78. The molecule has 0 aliphatic heterocycles. The Hall–Kier alpha value is -1.62. The molecule has 16 heavy (non-hydrogen) atoms. The molecule has 0 heterocycles. The van der Waals surface area contributed by atoms with Gasteiger partial charge in [-0.15, -0.1) is 0 Å². The van der Waals surface area contributed by atoms with Crippen molar-refractivity contribution in [2.24, 2.45) is 0 Å². The fraction of sp³-hybridized carbons (Fsp3) is 0.364. The number of ether oxygens (including phenoxy) is 1. The Labute approximate surface area is 92.3 Å². The highest BCUT2D eigenvalue weighted by molar-refractivity contribution is 5.66. The Kier molecular flexibility index (Phi) is 4.25. The standard InChI is InChI=1S/C11H13FO4/c1-16-10-4-2-7(6-8(10)12)9(13)3-5-11(14)15/h2,4,6,9,13H,3,5H2,1H3,(H,14,15). The smallest absolute Gasteiger partial charge is 0.303 e. The van der Waals surface area contributed by atoms with E-state index >= 15 is 0 Å². The average Bonchev–Trinajstić information content (AvgIpc) is 2.25. The molecule has 1 aromatic rings. The van der Waals surface area contributed by atoms with Crippen LogP contribution in [0.2, 0.25) is 0 Å². The summed E-state index contributed by atoms with van der Waals surface area (Å²) in [4.78, 5) is 10.3. The number of carboxylic acids is 1. The minimum absolute atomic E-state index is 0.0566. The largest absolute Gasteiger partial charge is 0.494 e. The summed E-state index contributed by atoms with van der Waals surface area (Å²) in [7, 11) is 1.35. The van der Waals surface area contributed by atoms with Gasteiger partial charge in [-0.25, -0.2) is 4.39 Å². The van der Waals surface area contributed by atoms with Crippen molar-refractivity contribution in [3.63, 3.8) is 0 Å². The second kappa shape index (κ2) is 5.46. The number of carbonyl (C=O) groups is 1. The minimum Gasteiger partial charge on any atom is -0.494 e. The summed E-state index contributed by atoms with van der Waals surface area (Å²) in [5, 5.41) is 18.0. The molecule has 0 spiro atoms. The zero-order valence-corrected chi connectivity index (χ0v) is 8.81. The van der Waals surface area contributed by atoms with Gasteiger partial charge in [0.05, 0.1) is 13.2 Å². The van der Waals surface area contributed by atoms with Crippen molar-refractivity contribution in [1.29, 1.82) is 0 Å². The van der Waals surface area contributed by atoms with E-state index in [4.69, 9.17) is 9.84 Å². The van der Waals surface area contributed by atoms with Crippen LogP contribution in [0.4, 0.5) is 4.39 Å². The number of rotatable bonds is 5. The number of aliphatic carboxylic acids is 1. The van der Waals surface area contributed by atoms with E-state index in [1.54, 1.807) is 0 Å². The Morgan fingerprint density at radius 2 is 2.25 bits per heavy atom. The van der Waals surface area contributed by atoms with E-state index in [0.29, 0.717) is 5.56 Å². The topological polar surface area (TPSA) is 66.8 Å². The molecule has 1 unspecified atom stereocenters. The van der Waals surface area contributed by atoms with E-state index in [9.17, 15) is 14.3 Å². The molecular weight excluding hydrogens is 215 g/mol. The summed E-state index contributed by atoms with van der Waals surface area (Å²) >= 11 is 0. The lowest BCUT2D eigenvalue weighted by atomic mass is 10.0. The summed E-state index contributed by atoms with van der Waals surface area (Å²) in [5.41, 5.74) is 0.347. The van der Waals surface area contributed by atoms with E-state index in [-0.39, 0.29) is 18.6 Å². The van der Waals surface area contributed by atoms with Gasteiger partial charge in [-0.2, -0.15) is 0 Å². The first-order valence-corrected chi connectivity index (χ1v) is 4.78. The molecule has 0 amide bonds. The maximum absolute atomic E-state index is 13.3. The minimum atomic E-state index is -0.993. The molecule has 88 valence electrons. The molecule has 0 aliphatic rings. The fourth-order valence-corrected chi connectivity index (χ4v) is 1.32. The zero-order chi connectivity index (χ0) is 12.1. The normalized spacial score (nSPS) is 12.2. The lowest BCUT2D eigenvalue weighted by Gasteiger charge is -2.10. The molecule has 0 saturated carbocycles. The summed E-state index contributed by atoms with van der Waals surface area (Å²) in [6.07, 6.45) is -1.08. The third-order valence-electron chi connectivity index (χ3n) is 2.19. The molecule has 5 heteroatoms. The van der Waals surface area contributed by atoms with Crippen LogP contribution in [0.3, 0.4) is 0 Å². The number of hydrogen-bond acceptors (Lipinski definition) is 3. The van der Waals surface area contributed by atoms with Crippen LogP contribution in [0.5, 0.6) is 5.75 Å². The molecule has 0 fully saturated rings. The first kappa shape index (κ1) is 12.4. The maximum atomic E-state index is 13.3. The van der Waals surface area contributed by atoms with Gasteiger partial charge >= 0.3 is 5.97 Å². The van der Waals surface area contributed by atoms with Crippen molar-refractivity contribution in [1.82, 2.24) is 0 Å². The van der Waals surface area contributed by atoms with Crippen molar-refractivity contribution in [3.05, 3.63) is 29.6 Å². The number of methoxy groups -OCH3 is 1. The van der Waals surface area contributed by atoms with E-state index in [0.717, 1.165) is 6.07 Å². The van der Waals surface area contributed by atoms with E-state index in [1.165, 1.54) is 19.2 Å². The summed E-state index contributed by atoms with van der Waals surface area (Å²) in [5.74, 6) is -1.48. The molecule has 2 N–H and O–H groups in total. The van der Waals surface area contributed by atoms with Crippen LogP contribution in [0, 0.1) is 5.82 Å². The van der Waals surface area contributed by atoms with Crippen LogP contribution in [-0.4, -0.2) is 23.3 Å². The highest BCUT2D eigenvalue weighted by Crippen LogP contribution is 2.24. The predicted molar refractivity (Wildman–Crippen MR) is 54.8 cm³/mol. The van der Waals surface area contributed by atoms with Crippen LogP contribution < -0.4 is 4.74 Å². The fourth-order valence-electron chi connectivity index (χ4n) is 1.32. The van der Waals surface area contributed by atoms with Gasteiger partial charge in [0.2, 0.25) is 0 Å². The van der Waals surface area contributed by atoms with Crippen LogP contribution in [0.1, 0.15) is 24.5 Å². The zero-order valence-electron chi connectivity index (χ0n) is 8.81. The number of hydrogen-bond donors (Lipinski definition) is 2. The first-order chi connectivity index (χ1) is 7.54. The van der Waals surface area contributed by atoms with Crippen molar-refractivity contribution in [2.45, 2.75) is 18.9 Å². The number of halogens is 1. The number of aliphatic hydroxyl groups is 1. The van der Waals surface area contributed by atoms with Gasteiger partial charge in [0.1, 0.15) is 0 Å². The molecule has 1 aromatic carbocycles. The molecule has 0 saturated heterocycles. The Morgan fingerprint density at radius 3 is 2.75 bits per heavy atom. The molecule has 0 aliphatic carbocycles. The Bertz CT molecular complexity index is 378. The van der Waals surface area contributed by atoms with Crippen LogP contribution in [0.25, 0.3) is 0 Å². The van der Waals surface area contributed by atoms with E-state index < -0.39 is 17.9 Å². The van der Waals surface area contributed by atoms with Crippen molar-refractivity contribution in [3.8, 4) is 5.75 Å². The average molecular weight is 228 g/mol. The second-order valence-electron chi connectivity index (χ2n) is 3.34. The molecule has 1 rings (SSSR count). The third kappa shape index (κ3) is 3.20. The molecule has 4 nitrogen and oxygen atoms in total. The molecule has 0 bridgehead atoms. The summed E-state index contributed by atoms with van der Waals surface area (Å²) in [6.45, 7) is 0. The van der Waals surface area contributed by atoms with E-state index in [2.05, 4.69) is 0 Å². The lowest BCUT2D eigenvalue weighted by Crippen LogP contribution is -2.03. The summed E-state index contributed by atoms with van der Waals surface area (Å²) < 4.78 is 18.0. The second-order valence-corrected chi connectivity index (χ2v) is 3.34. The van der Waals surface area contributed by atoms with Crippen LogP contribution >= 0.6 is 0 Å². The SMILES string of the molecule is COc1ccc(C(O)CCC(=O)O)cc1F. The van der Waals surface area contributed by atoms with Crippen LogP contribution in [-0.2, 0) is 4.79 Å². The van der Waals surface area contributed by atoms with Gasteiger partial charge in [-0.3, -0.25) is 4.79 Å². The quantitative estimate of drug-likeness (QED) is 0.805. The van der Waals surface area contributed by atoms with Gasteiger partial charge in [0.15, 0.2) is 11.6 Å². The monoisotopic (exact) mass is 228 g/mol. The molecule has 0 radical (unpaired) electrons. The number of aliphatic hydroxyl groups excluding tert-OH is 1. The van der Waals surface area contributed by atoms with Gasteiger partial charge in [-0.05, 0) is 24.1 Å². The Balaban J connectivity index is 2.72. The highest BCUT2D eigenvalue weighted by atomic mass is 19.1. The maximum Gasteiger partial charge on any atom is 0.303 e. The molecular formula is C11H13FO4. The van der Waals surface area contributed by atoms with Gasteiger partial charge in [0, 0.05) is 6.42 Å². The predicted octanol–water partition coefficient (Wildman–Crippen LogP) is 1.73. The number of carboxylic acid groups (broad SMARTS) is 1. The van der Waals surface area contributed by atoms with Crippen molar-refractivity contribution < 1.29 is 24.1 Å². The van der Waals surface area contributed by atoms with Gasteiger partial charge < -0.3 is 14.9 Å². The van der Waals surface area contributed by atoms with E-state index in [1.807, 2.05) is 0 Å².